The summed E-state index contributed by atoms with van der Waals surface area (Å²) in [4.78, 5) is 23.0. The van der Waals surface area contributed by atoms with Crippen LogP contribution in [0.5, 0.6) is 0 Å². The molecule has 0 fully saturated rings. The number of benzene rings is 1. The number of hydrogen-bond donors (Lipinski definition) is 2. The lowest BCUT2D eigenvalue weighted by molar-refractivity contribution is 0.0514. The molecule has 0 saturated heterocycles. The summed E-state index contributed by atoms with van der Waals surface area (Å²) in [5.41, 5.74) is 1.97. The first-order chi connectivity index (χ1) is 10.2. The summed E-state index contributed by atoms with van der Waals surface area (Å²) in [5, 5.41) is 11.6. The van der Waals surface area contributed by atoms with E-state index in [-0.39, 0.29) is 5.82 Å². The maximum Gasteiger partial charge on any atom is 0.374 e. The van der Waals surface area contributed by atoms with Gasteiger partial charge < -0.3 is 9.72 Å². The van der Waals surface area contributed by atoms with Gasteiger partial charge in [-0.2, -0.15) is 5.26 Å². The molecule has 108 valence electrons. The van der Waals surface area contributed by atoms with Gasteiger partial charge in [0.05, 0.1) is 23.3 Å². The molecule has 0 radical (unpaired) electrons. The normalized spacial score (nSPS) is 11.2. The number of ether oxygens (including phenoxy) is 1. The van der Waals surface area contributed by atoms with Gasteiger partial charge in [-0.15, -0.1) is 0 Å². The SMILES string of the molecule is CCOC(=O)c1nc2ccc(N=C(NC#N)SC)cc2[nH]1. The van der Waals surface area contributed by atoms with E-state index in [2.05, 4.69) is 20.3 Å². The van der Waals surface area contributed by atoms with Crippen LogP contribution in [0.25, 0.3) is 11.0 Å². The smallest absolute Gasteiger partial charge is 0.374 e. The zero-order valence-electron chi connectivity index (χ0n) is 11.5. The van der Waals surface area contributed by atoms with Gasteiger partial charge in [-0.3, -0.25) is 5.32 Å². The molecular formula is C13H13N5O2S. The van der Waals surface area contributed by atoms with Crippen LogP contribution in [0.15, 0.2) is 23.2 Å². The first-order valence-corrected chi connectivity index (χ1v) is 7.35. The number of H-pyrrole nitrogens is 1. The fourth-order valence-corrected chi connectivity index (χ4v) is 2.00. The Morgan fingerprint density at radius 1 is 1.62 bits per heavy atom. The lowest BCUT2D eigenvalue weighted by Gasteiger charge is -1.99. The van der Waals surface area contributed by atoms with Crippen molar-refractivity contribution in [2.45, 2.75) is 6.92 Å². The Labute approximate surface area is 125 Å². The third-order valence-corrected chi connectivity index (χ3v) is 3.10. The van der Waals surface area contributed by atoms with Crippen LogP contribution in [-0.4, -0.2) is 34.0 Å². The zero-order chi connectivity index (χ0) is 15.2. The number of nitriles is 1. The summed E-state index contributed by atoms with van der Waals surface area (Å²) in [6.07, 6.45) is 3.64. The quantitative estimate of drug-likeness (QED) is 0.296. The Balaban J connectivity index is 2.34. The molecule has 1 aromatic carbocycles. The molecule has 2 aromatic rings. The molecule has 0 saturated carbocycles. The van der Waals surface area contributed by atoms with E-state index in [9.17, 15) is 4.79 Å². The largest absolute Gasteiger partial charge is 0.460 e. The molecule has 2 rings (SSSR count). The van der Waals surface area contributed by atoms with Crippen molar-refractivity contribution in [3.05, 3.63) is 24.0 Å². The third kappa shape index (κ3) is 3.52. The first kappa shape index (κ1) is 14.9. The topological polar surface area (TPSA) is 103 Å². The number of aromatic amines is 1. The molecule has 1 heterocycles. The summed E-state index contributed by atoms with van der Waals surface area (Å²) in [6, 6.07) is 5.26. The lowest BCUT2D eigenvalue weighted by atomic mass is 10.3. The van der Waals surface area contributed by atoms with Crippen molar-refractivity contribution in [1.82, 2.24) is 15.3 Å². The van der Waals surface area contributed by atoms with E-state index in [1.807, 2.05) is 12.4 Å². The van der Waals surface area contributed by atoms with E-state index in [1.54, 1.807) is 25.1 Å². The van der Waals surface area contributed by atoms with Crippen LogP contribution in [-0.2, 0) is 4.74 Å². The molecule has 0 spiro atoms. The minimum Gasteiger partial charge on any atom is -0.460 e. The number of nitrogens with zero attached hydrogens (tertiary/aromatic N) is 3. The molecule has 8 heteroatoms. The monoisotopic (exact) mass is 303 g/mol. The van der Waals surface area contributed by atoms with Crippen LogP contribution in [0.3, 0.4) is 0 Å². The molecule has 1 aromatic heterocycles. The number of rotatable bonds is 3. The van der Waals surface area contributed by atoms with Crippen LogP contribution >= 0.6 is 11.8 Å². The van der Waals surface area contributed by atoms with Gasteiger partial charge in [-0.25, -0.2) is 14.8 Å². The number of amidine groups is 1. The Hall–Kier alpha value is -2.53. The molecule has 0 unspecified atom stereocenters. The molecule has 0 aliphatic rings. The number of nitrogens with one attached hydrogen (secondary N) is 2. The summed E-state index contributed by atoms with van der Waals surface area (Å²) < 4.78 is 4.89. The molecule has 2 N–H and O–H groups in total. The van der Waals surface area contributed by atoms with E-state index < -0.39 is 5.97 Å². The third-order valence-electron chi connectivity index (χ3n) is 2.52. The van der Waals surface area contributed by atoms with Crippen LogP contribution < -0.4 is 5.32 Å². The average Bonchev–Trinajstić information content (AvgIpc) is 2.90. The number of fused-ring (bicyclic) bond motifs is 1. The van der Waals surface area contributed by atoms with E-state index in [4.69, 9.17) is 10.00 Å². The minimum absolute atomic E-state index is 0.160. The molecule has 7 nitrogen and oxygen atoms in total. The standard InChI is InChI=1S/C13H13N5O2S/c1-3-20-12(19)11-17-9-5-4-8(6-10(9)18-11)16-13(21-2)15-7-14/h4-6H,3H2,1-2H3,(H,15,16)(H,17,18). The highest BCUT2D eigenvalue weighted by Crippen LogP contribution is 2.20. The highest BCUT2D eigenvalue weighted by Gasteiger charge is 2.12. The average molecular weight is 303 g/mol. The lowest BCUT2D eigenvalue weighted by Crippen LogP contribution is -2.12. The minimum atomic E-state index is -0.491. The molecule has 0 atom stereocenters. The van der Waals surface area contributed by atoms with Crippen molar-refractivity contribution >= 4 is 39.6 Å². The van der Waals surface area contributed by atoms with E-state index in [0.29, 0.717) is 28.5 Å². The highest BCUT2D eigenvalue weighted by molar-refractivity contribution is 8.13. The van der Waals surface area contributed by atoms with Gasteiger partial charge in [-0.05, 0) is 31.4 Å². The van der Waals surface area contributed by atoms with Crippen molar-refractivity contribution < 1.29 is 9.53 Å². The van der Waals surface area contributed by atoms with Gasteiger partial charge in [0.15, 0.2) is 11.4 Å². The highest BCUT2D eigenvalue weighted by atomic mass is 32.2. The Morgan fingerprint density at radius 3 is 3.10 bits per heavy atom. The van der Waals surface area contributed by atoms with Gasteiger partial charge in [0, 0.05) is 0 Å². The molecule has 0 aliphatic carbocycles. The molecular weight excluding hydrogens is 290 g/mol. The molecule has 0 amide bonds. The number of carbonyl (C=O) groups is 1. The zero-order valence-corrected chi connectivity index (χ0v) is 12.3. The molecule has 0 aliphatic heterocycles. The summed E-state index contributed by atoms with van der Waals surface area (Å²) in [6.45, 7) is 2.03. The second kappa shape index (κ2) is 6.76. The van der Waals surface area contributed by atoms with Crippen molar-refractivity contribution in [3.8, 4) is 6.19 Å². The second-order valence-corrected chi connectivity index (χ2v) is 4.66. The first-order valence-electron chi connectivity index (χ1n) is 6.12. The fraction of sp³-hybridized carbons (Fsp3) is 0.231. The maximum atomic E-state index is 11.6. The number of thioether (sulfide) groups is 1. The number of imidazole rings is 1. The maximum absolute atomic E-state index is 11.6. The summed E-state index contributed by atoms with van der Waals surface area (Å²) in [5.74, 6) is -0.331. The van der Waals surface area contributed by atoms with Crippen molar-refractivity contribution in [2.75, 3.05) is 12.9 Å². The van der Waals surface area contributed by atoms with Gasteiger partial charge in [0.2, 0.25) is 5.82 Å². The van der Waals surface area contributed by atoms with Crippen LogP contribution in [0.1, 0.15) is 17.5 Å². The number of esters is 1. The summed E-state index contributed by atoms with van der Waals surface area (Å²) >= 11 is 1.33. The molecule has 21 heavy (non-hydrogen) atoms. The predicted octanol–water partition coefficient (Wildman–Crippen LogP) is 2.16. The van der Waals surface area contributed by atoms with Crippen LogP contribution in [0.4, 0.5) is 5.69 Å². The van der Waals surface area contributed by atoms with Crippen LogP contribution in [0.2, 0.25) is 0 Å². The number of aliphatic imine (C=N–C) groups is 1. The Kier molecular flexibility index (Phi) is 4.79. The van der Waals surface area contributed by atoms with Gasteiger partial charge >= 0.3 is 5.97 Å². The van der Waals surface area contributed by atoms with E-state index >= 15 is 0 Å². The second-order valence-electron chi connectivity index (χ2n) is 3.87. The van der Waals surface area contributed by atoms with Gasteiger partial charge in [0.25, 0.3) is 0 Å². The Morgan fingerprint density at radius 2 is 2.43 bits per heavy atom. The van der Waals surface area contributed by atoms with Crippen molar-refractivity contribution in [2.24, 2.45) is 4.99 Å². The number of carbonyl (C=O) groups excluding carboxylic acids is 1. The van der Waals surface area contributed by atoms with Crippen molar-refractivity contribution in [1.29, 1.82) is 5.26 Å². The number of aromatic nitrogens is 2. The fourth-order valence-electron chi connectivity index (χ4n) is 1.65. The van der Waals surface area contributed by atoms with E-state index in [0.717, 1.165) is 0 Å². The van der Waals surface area contributed by atoms with E-state index in [1.165, 1.54) is 11.8 Å². The van der Waals surface area contributed by atoms with Gasteiger partial charge in [-0.1, -0.05) is 11.8 Å². The predicted molar refractivity (Wildman–Crippen MR) is 81.4 cm³/mol. The van der Waals surface area contributed by atoms with Crippen molar-refractivity contribution in [3.63, 3.8) is 0 Å². The number of hydrogen-bond acceptors (Lipinski definition) is 6. The Bertz CT molecular complexity index is 732. The molecule has 0 bridgehead atoms. The van der Waals surface area contributed by atoms with Gasteiger partial charge in [0.1, 0.15) is 0 Å². The van der Waals surface area contributed by atoms with Crippen LogP contribution in [0, 0.1) is 11.5 Å². The summed E-state index contributed by atoms with van der Waals surface area (Å²) in [7, 11) is 0.